The highest BCUT2D eigenvalue weighted by Gasteiger charge is 2.19. The monoisotopic (exact) mass is 889 g/mol. The first kappa shape index (κ1) is 60.3. The second-order valence-electron chi connectivity index (χ2n) is 17.2. The zero-order chi connectivity index (χ0) is 46.5. The maximum atomic E-state index is 12.8. The molecule has 0 N–H and O–H groups in total. The molecule has 0 aromatic heterocycles. The highest BCUT2D eigenvalue weighted by molar-refractivity contribution is 5.71. The predicted octanol–water partition coefficient (Wildman–Crippen LogP) is 17.4. The summed E-state index contributed by atoms with van der Waals surface area (Å²) in [6, 6.07) is 0. The van der Waals surface area contributed by atoms with E-state index in [1.54, 1.807) is 0 Å². The first-order valence-electron chi connectivity index (χ1n) is 26.3. The molecule has 0 aliphatic carbocycles. The van der Waals surface area contributed by atoms with Gasteiger partial charge in [0.1, 0.15) is 13.2 Å². The number of ether oxygens (including phenoxy) is 3. The van der Waals surface area contributed by atoms with Crippen LogP contribution in [0.1, 0.15) is 233 Å². The lowest BCUT2D eigenvalue weighted by Crippen LogP contribution is -2.30. The van der Waals surface area contributed by atoms with E-state index in [0.29, 0.717) is 19.3 Å². The number of unbranched alkanes of at least 4 members (excludes halogenated alkanes) is 22. The van der Waals surface area contributed by atoms with Gasteiger partial charge in [-0.2, -0.15) is 0 Å². The van der Waals surface area contributed by atoms with E-state index < -0.39 is 6.10 Å². The molecule has 0 rings (SSSR count). The van der Waals surface area contributed by atoms with Crippen LogP contribution in [0.5, 0.6) is 0 Å². The van der Waals surface area contributed by atoms with Gasteiger partial charge in [0.25, 0.3) is 0 Å². The van der Waals surface area contributed by atoms with E-state index in [4.69, 9.17) is 14.2 Å². The molecule has 0 fully saturated rings. The van der Waals surface area contributed by atoms with Crippen LogP contribution >= 0.6 is 0 Å². The summed E-state index contributed by atoms with van der Waals surface area (Å²) < 4.78 is 16.7. The zero-order valence-electron chi connectivity index (χ0n) is 41.5. The maximum absolute atomic E-state index is 12.8. The van der Waals surface area contributed by atoms with Crippen molar-refractivity contribution in [2.75, 3.05) is 13.2 Å². The SMILES string of the molecule is CCCCC\C=C/C=C\C=C/C=C\CCCCCCCC(=O)OCC(COC(=O)CCCCCCCCCCCCC)OC(=O)CCC/C=C\C/C=C\C/C=C\C/C=C\CCCCC. The van der Waals surface area contributed by atoms with Gasteiger partial charge in [-0.05, 0) is 83.5 Å². The molecule has 0 amide bonds. The highest BCUT2D eigenvalue weighted by atomic mass is 16.6. The third kappa shape index (κ3) is 49.3. The molecule has 0 aromatic carbocycles. The van der Waals surface area contributed by atoms with Crippen molar-refractivity contribution in [2.24, 2.45) is 0 Å². The zero-order valence-corrected chi connectivity index (χ0v) is 41.5. The number of rotatable bonds is 46. The van der Waals surface area contributed by atoms with Gasteiger partial charge in [0.15, 0.2) is 6.10 Å². The average Bonchev–Trinajstić information content (AvgIpc) is 3.29. The van der Waals surface area contributed by atoms with Crippen molar-refractivity contribution in [2.45, 2.75) is 239 Å². The fourth-order valence-electron chi connectivity index (χ4n) is 6.92. The number of carbonyl (C=O) groups is 3. The fourth-order valence-corrected chi connectivity index (χ4v) is 6.92. The van der Waals surface area contributed by atoms with Crippen molar-refractivity contribution in [1.82, 2.24) is 0 Å². The van der Waals surface area contributed by atoms with Crippen LogP contribution in [0.25, 0.3) is 0 Å². The molecule has 0 aromatic rings. The van der Waals surface area contributed by atoms with Crippen molar-refractivity contribution in [3.63, 3.8) is 0 Å². The number of allylic oxidation sites excluding steroid dienone is 16. The molecule has 0 saturated heterocycles. The molecular formula is C58H96O6. The summed E-state index contributed by atoms with van der Waals surface area (Å²) in [4.78, 5) is 38.0. The molecule has 1 atom stereocenters. The van der Waals surface area contributed by atoms with Gasteiger partial charge in [-0.3, -0.25) is 14.4 Å². The molecule has 0 saturated carbocycles. The Balaban J connectivity index is 4.52. The molecule has 0 heterocycles. The lowest BCUT2D eigenvalue weighted by Gasteiger charge is -2.18. The summed E-state index contributed by atoms with van der Waals surface area (Å²) in [5.41, 5.74) is 0. The van der Waals surface area contributed by atoms with E-state index in [-0.39, 0.29) is 37.5 Å². The van der Waals surface area contributed by atoms with E-state index in [9.17, 15) is 14.4 Å². The van der Waals surface area contributed by atoms with Gasteiger partial charge >= 0.3 is 17.9 Å². The van der Waals surface area contributed by atoms with Gasteiger partial charge in [-0.15, -0.1) is 0 Å². The van der Waals surface area contributed by atoms with Crippen LogP contribution in [-0.2, 0) is 28.6 Å². The minimum Gasteiger partial charge on any atom is -0.462 e. The summed E-state index contributed by atoms with van der Waals surface area (Å²) in [5, 5.41) is 0. The van der Waals surface area contributed by atoms with Crippen LogP contribution in [0, 0.1) is 0 Å². The topological polar surface area (TPSA) is 78.9 Å². The largest absolute Gasteiger partial charge is 0.462 e. The summed E-state index contributed by atoms with van der Waals surface area (Å²) in [6.45, 7) is 6.49. The third-order valence-corrected chi connectivity index (χ3v) is 10.9. The van der Waals surface area contributed by atoms with E-state index in [2.05, 4.69) is 118 Å². The van der Waals surface area contributed by atoms with E-state index in [0.717, 1.165) is 89.9 Å². The Morgan fingerprint density at radius 2 is 0.641 bits per heavy atom. The maximum Gasteiger partial charge on any atom is 0.306 e. The van der Waals surface area contributed by atoms with Crippen molar-refractivity contribution >= 4 is 17.9 Å². The molecular weight excluding hydrogens is 793 g/mol. The summed E-state index contributed by atoms with van der Waals surface area (Å²) in [7, 11) is 0. The molecule has 6 heteroatoms. The van der Waals surface area contributed by atoms with Crippen molar-refractivity contribution < 1.29 is 28.6 Å². The van der Waals surface area contributed by atoms with E-state index in [1.165, 1.54) is 96.3 Å². The van der Waals surface area contributed by atoms with Gasteiger partial charge in [0, 0.05) is 19.3 Å². The molecule has 0 spiro atoms. The first-order chi connectivity index (χ1) is 31.5. The lowest BCUT2D eigenvalue weighted by molar-refractivity contribution is -0.167. The second kappa shape index (κ2) is 52.0. The van der Waals surface area contributed by atoms with Crippen LogP contribution in [0.3, 0.4) is 0 Å². The van der Waals surface area contributed by atoms with Crippen molar-refractivity contribution in [3.05, 3.63) is 97.2 Å². The summed E-state index contributed by atoms with van der Waals surface area (Å²) in [6.07, 6.45) is 68.2. The minimum absolute atomic E-state index is 0.107. The van der Waals surface area contributed by atoms with Gasteiger partial charge < -0.3 is 14.2 Å². The summed E-state index contributed by atoms with van der Waals surface area (Å²) in [5.74, 6) is -0.990. The van der Waals surface area contributed by atoms with Gasteiger partial charge in [0.05, 0.1) is 0 Å². The number of esters is 3. The minimum atomic E-state index is -0.814. The Morgan fingerprint density at radius 3 is 1.09 bits per heavy atom. The average molecular weight is 889 g/mol. The van der Waals surface area contributed by atoms with E-state index in [1.807, 2.05) is 0 Å². The Bertz CT molecular complexity index is 1300. The first-order valence-corrected chi connectivity index (χ1v) is 26.3. The molecule has 0 aliphatic heterocycles. The molecule has 0 aliphatic rings. The lowest BCUT2D eigenvalue weighted by atomic mass is 10.1. The van der Waals surface area contributed by atoms with Crippen LogP contribution < -0.4 is 0 Å². The Morgan fingerprint density at radius 1 is 0.328 bits per heavy atom. The van der Waals surface area contributed by atoms with E-state index >= 15 is 0 Å². The molecule has 0 radical (unpaired) electrons. The number of hydrogen-bond acceptors (Lipinski definition) is 6. The van der Waals surface area contributed by atoms with Crippen molar-refractivity contribution in [1.29, 1.82) is 0 Å². The van der Waals surface area contributed by atoms with Crippen LogP contribution in [0.2, 0.25) is 0 Å². The quantitative estimate of drug-likeness (QED) is 0.0199. The van der Waals surface area contributed by atoms with Gasteiger partial charge in [0.2, 0.25) is 0 Å². The van der Waals surface area contributed by atoms with Crippen molar-refractivity contribution in [3.8, 4) is 0 Å². The number of hydrogen-bond donors (Lipinski definition) is 0. The van der Waals surface area contributed by atoms with Gasteiger partial charge in [-0.25, -0.2) is 0 Å². The standard InChI is InChI=1S/C58H96O6/c1-4-7-10-13-16-19-22-24-26-28-30-31-33-36-39-42-45-48-51-57(60)63-54-55(53-62-56(59)50-47-44-41-38-35-21-18-15-12-9-6-3)64-58(61)52-49-46-43-40-37-34-32-29-27-25-23-20-17-14-11-8-5-2/h16-17,19-20,22,24-28,30-32,34,40,43,55H,4-15,18,21,23,29,33,35-39,41-42,44-54H2,1-3H3/b19-16-,20-17-,24-22-,27-25-,28-26-,31-30-,34-32-,43-40-. The summed E-state index contributed by atoms with van der Waals surface area (Å²) >= 11 is 0. The second-order valence-corrected chi connectivity index (χ2v) is 17.2. The molecule has 0 bridgehead atoms. The smallest absolute Gasteiger partial charge is 0.306 e. The highest BCUT2D eigenvalue weighted by Crippen LogP contribution is 2.14. The Hall–Kier alpha value is -3.67. The molecule has 6 nitrogen and oxygen atoms in total. The fraction of sp³-hybridized carbons (Fsp3) is 0.672. The molecule has 1 unspecified atom stereocenters. The number of carbonyl (C=O) groups excluding carboxylic acids is 3. The molecule has 364 valence electrons. The third-order valence-electron chi connectivity index (χ3n) is 10.9. The van der Waals surface area contributed by atoms with Crippen LogP contribution in [0.4, 0.5) is 0 Å². The normalized spacial score (nSPS) is 12.9. The predicted molar refractivity (Wildman–Crippen MR) is 274 cm³/mol. The molecule has 64 heavy (non-hydrogen) atoms. The van der Waals surface area contributed by atoms with Crippen LogP contribution in [0.15, 0.2) is 97.2 Å². The Kier molecular flexibility index (Phi) is 49.0. The van der Waals surface area contributed by atoms with Crippen LogP contribution in [-0.4, -0.2) is 37.2 Å². The van der Waals surface area contributed by atoms with Gasteiger partial charge in [-0.1, -0.05) is 227 Å². The Labute approximate surface area is 394 Å².